The van der Waals surface area contributed by atoms with Crippen LogP contribution in [-0.4, -0.2) is 24.1 Å². The van der Waals surface area contributed by atoms with E-state index in [1.165, 1.54) is 0 Å². The number of hydrogen-bond acceptors (Lipinski definition) is 2. The van der Waals surface area contributed by atoms with Crippen molar-refractivity contribution >= 4 is 6.09 Å². The minimum absolute atomic E-state index is 0.205. The molecule has 0 atom stereocenters. The van der Waals surface area contributed by atoms with E-state index in [2.05, 4.69) is 19.6 Å². The second-order valence-corrected chi connectivity index (χ2v) is 5.45. The number of benzene rings is 1. The molecule has 20 heavy (non-hydrogen) atoms. The van der Waals surface area contributed by atoms with Gasteiger partial charge >= 0.3 is 6.09 Å². The molecule has 0 spiro atoms. The molecule has 0 aliphatic carbocycles. The first-order valence-corrected chi connectivity index (χ1v) is 7.28. The highest BCUT2D eigenvalue weighted by atomic mass is 16.6. The zero-order valence-electron chi connectivity index (χ0n) is 12.2. The Labute approximate surface area is 121 Å². The maximum Gasteiger partial charge on any atom is 0.410 e. The molecule has 2 rings (SSSR count). The van der Waals surface area contributed by atoms with E-state index in [0.29, 0.717) is 6.61 Å². The highest BCUT2D eigenvalue weighted by Crippen LogP contribution is 2.35. The van der Waals surface area contributed by atoms with Crippen LogP contribution in [0.4, 0.5) is 4.79 Å². The van der Waals surface area contributed by atoms with E-state index in [-0.39, 0.29) is 11.5 Å². The van der Waals surface area contributed by atoms with Gasteiger partial charge in [-0.15, -0.1) is 6.58 Å². The lowest BCUT2D eigenvalue weighted by Gasteiger charge is -2.38. The van der Waals surface area contributed by atoms with Crippen LogP contribution in [0.3, 0.4) is 0 Å². The first-order chi connectivity index (χ1) is 9.69. The number of ether oxygens (including phenoxy) is 1. The molecule has 1 amide bonds. The monoisotopic (exact) mass is 273 g/mol. The molecule has 1 aromatic rings. The van der Waals surface area contributed by atoms with Gasteiger partial charge in [-0.25, -0.2) is 4.79 Å². The van der Waals surface area contributed by atoms with Crippen LogP contribution in [0, 0.1) is 5.41 Å². The van der Waals surface area contributed by atoms with Gasteiger partial charge in [0.2, 0.25) is 0 Å². The largest absolute Gasteiger partial charge is 0.445 e. The van der Waals surface area contributed by atoms with Gasteiger partial charge in [0.15, 0.2) is 0 Å². The second-order valence-electron chi connectivity index (χ2n) is 5.45. The Morgan fingerprint density at radius 3 is 2.55 bits per heavy atom. The molecule has 1 saturated heterocycles. The van der Waals surface area contributed by atoms with Crippen molar-refractivity contribution in [3.05, 3.63) is 48.6 Å². The third kappa shape index (κ3) is 3.41. The van der Waals surface area contributed by atoms with E-state index in [1.807, 2.05) is 30.3 Å². The lowest BCUT2D eigenvalue weighted by atomic mass is 9.76. The Morgan fingerprint density at radius 2 is 2.00 bits per heavy atom. The van der Waals surface area contributed by atoms with Gasteiger partial charge < -0.3 is 9.64 Å². The number of amides is 1. The van der Waals surface area contributed by atoms with Gasteiger partial charge in [0.25, 0.3) is 0 Å². The molecular formula is C17H23NO2. The quantitative estimate of drug-likeness (QED) is 0.776. The van der Waals surface area contributed by atoms with E-state index in [9.17, 15) is 4.79 Å². The molecule has 0 N–H and O–H groups in total. The van der Waals surface area contributed by atoms with E-state index < -0.39 is 0 Å². The van der Waals surface area contributed by atoms with Crippen molar-refractivity contribution in [2.24, 2.45) is 5.41 Å². The van der Waals surface area contributed by atoms with Gasteiger partial charge in [0, 0.05) is 13.1 Å². The number of likely N-dealkylation sites (tertiary alicyclic amines) is 1. The fourth-order valence-corrected chi connectivity index (χ4v) is 2.65. The maximum atomic E-state index is 12.0. The van der Waals surface area contributed by atoms with Gasteiger partial charge in [-0.2, -0.15) is 0 Å². The summed E-state index contributed by atoms with van der Waals surface area (Å²) in [7, 11) is 0. The zero-order valence-corrected chi connectivity index (χ0v) is 12.2. The number of rotatable bonds is 4. The molecular weight excluding hydrogens is 250 g/mol. The Morgan fingerprint density at radius 1 is 1.35 bits per heavy atom. The summed E-state index contributed by atoms with van der Waals surface area (Å²) in [5.74, 6) is 0. The fraction of sp³-hybridized carbons (Fsp3) is 0.471. The number of piperidine rings is 1. The van der Waals surface area contributed by atoms with E-state index in [0.717, 1.165) is 37.9 Å². The van der Waals surface area contributed by atoms with Crippen LogP contribution in [0.15, 0.2) is 43.0 Å². The Kier molecular flexibility index (Phi) is 4.83. The summed E-state index contributed by atoms with van der Waals surface area (Å²) in [5, 5.41) is 0. The first kappa shape index (κ1) is 14.6. The number of allylic oxidation sites excluding steroid dienone is 1. The molecule has 0 radical (unpaired) electrons. The Bertz CT molecular complexity index is 447. The molecule has 1 fully saturated rings. The lowest BCUT2D eigenvalue weighted by Crippen LogP contribution is -2.42. The van der Waals surface area contributed by atoms with Gasteiger partial charge in [-0.1, -0.05) is 43.3 Å². The van der Waals surface area contributed by atoms with Crippen molar-refractivity contribution in [3.63, 3.8) is 0 Å². The van der Waals surface area contributed by atoms with Crippen molar-refractivity contribution in [2.75, 3.05) is 13.1 Å². The van der Waals surface area contributed by atoms with Crippen LogP contribution >= 0.6 is 0 Å². The minimum Gasteiger partial charge on any atom is -0.445 e. The van der Waals surface area contributed by atoms with Gasteiger partial charge in [-0.05, 0) is 30.2 Å². The van der Waals surface area contributed by atoms with Gasteiger partial charge in [-0.3, -0.25) is 0 Å². The molecule has 0 saturated carbocycles. The third-order valence-electron chi connectivity index (χ3n) is 4.36. The Balaban J connectivity index is 1.82. The lowest BCUT2D eigenvalue weighted by molar-refractivity contribution is 0.0716. The second kappa shape index (κ2) is 6.60. The molecule has 0 aromatic heterocycles. The smallest absolute Gasteiger partial charge is 0.410 e. The topological polar surface area (TPSA) is 29.5 Å². The summed E-state index contributed by atoms with van der Waals surface area (Å²) < 4.78 is 5.36. The van der Waals surface area contributed by atoms with Gasteiger partial charge in [0.05, 0.1) is 0 Å². The SMILES string of the molecule is C=CC1(CC)CCN(C(=O)OCc2ccccc2)CC1. The molecule has 1 heterocycles. The van der Waals surface area contributed by atoms with Crippen LogP contribution < -0.4 is 0 Å². The molecule has 3 heteroatoms. The van der Waals surface area contributed by atoms with Crippen LogP contribution in [-0.2, 0) is 11.3 Å². The molecule has 0 unspecified atom stereocenters. The molecule has 3 nitrogen and oxygen atoms in total. The number of nitrogens with zero attached hydrogens (tertiary/aromatic N) is 1. The maximum absolute atomic E-state index is 12.0. The van der Waals surface area contributed by atoms with E-state index >= 15 is 0 Å². The van der Waals surface area contributed by atoms with Crippen LogP contribution in [0.5, 0.6) is 0 Å². The number of carbonyl (C=O) groups is 1. The van der Waals surface area contributed by atoms with Crippen molar-refractivity contribution in [2.45, 2.75) is 32.8 Å². The average Bonchev–Trinajstić information content (AvgIpc) is 2.53. The normalized spacial score (nSPS) is 17.6. The van der Waals surface area contributed by atoms with Crippen molar-refractivity contribution in [1.29, 1.82) is 0 Å². The molecule has 108 valence electrons. The fourth-order valence-electron chi connectivity index (χ4n) is 2.65. The predicted octanol–water partition coefficient (Wildman–Crippen LogP) is 4.00. The summed E-state index contributed by atoms with van der Waals surface area (Å²) in [4.78, 5) is 13.8. The molecule has 1 aliphatic rings. The predicted molar refractivity (Wildman–Crippen MR) is 80.4 cm³/mol. The third-order valence-corrected chi connectivity index (χ3v) is 4.36. The highest BCUT2D eigenvalue weighted by Gasteiger charge is 2.32. The highest BCUT2D eigenvalue weighted by molar-refractivity contribution is 5.67. The number of hydrogen-bond donors (Lipinski definition) is 0. The molecule has 0 bridgehead atoms. The molecule has 1 aromatic carbocycles. The van der Waals surface area contributed by atoms with Crippen LogP contribution in [0.2, 0.25) is 0 Å². The Hall–Kier alpha value is -1.77. The van der Waals surface area contributed by atoms with Crippen LogP contribution in [0.1, 0.15) is 31.7 Å². The first-order valence-electron chi connectivity index (χ1n) is 7.28. The van der Waals surface area contributed by atoms with Crippen LogP contribution in [0.25, 0.3) is 0 Å². The number of carbonyl (C=O) groups excluding carboxylic acids is 1. The summed E-state index contributed by atoms with van der Waals surface area (Å²) in [6, 6.07) is 9.77. The summed E-state index contributed by atoms with van der Waals surface area (Å²) in [6.07, 6.45) is 4.90. The van der Waals surface area contributed by atoms with E-state index in [4.69, 9.17) is 4.74 Å². The van der Waals surface area contributed by atoms with Crippen molar-refractivity contribution in [1.82, 2.24) is 4.90 Å². The summed E-state index contributed by atoms with van der Waals surface area (Å²) >= 11 is 0. The average molecular weight is 273 g/mol. The summed E-state index contributed by atoms with van der Waals surface area (Å²) in [6.45, 7) is 7.98. The summed E-state index contributed by atoms with van der Waals surface area (Å²) in [5.41, 5.74) is 1.22. The zero-order chi connectivity index (χ0) is 14.4. The minimum atomic E-state index is -0.206. The van der Waals surface area contributed by atoms with Crippen molar-refractivity contribution < 1.29 is 9.53 Å². The van der Waals surface area contributed by atoms with Gasteiger partial charge in [0.1, 0.15) is 6.61 Å². The van der Waals surface area contributed by atoms with Crippen molar-refractivity contribution in [3.8, 4) is 0 Å². The standard InChI is InChI=1S/C17H23NO2/c1-3-17(4-2)10-12-18(13-11-17)16(19)20-14-15-8-6-5-7-9-15/h3,5-9H,1,4,10-14H2,2H3. The molecule has 1 aliphatic heterocycles. The van der Waals surface area contributed by atoms with E-state index in [1.54, 1.807) is 4.90 Å².